The maximum absolute atomic E-state index is 13.6. The predicted octanol–water partition coefficient (Wildman–Crippen LogP) is 4.48. The van der Waals surface area contributed by atoms with E-state index >= 15 is 0 Å². The highest BCUT2D eigenvalue weighted by Gasteiger charge is 2.35. The maximum atomic E-state index is 13.6. The Hall–Kier alpha value is -3.89. The van der Waals surface area contributed by atoms with Crippen molar-refractivity contribution in [3.63, 3.8) is 0 Å². The number of nitrogens with one attached hydrogen (secondary N) is 1. The summed E-state index contributed by atoms with van der Waals surface area (Å²) < 4.78 is 19.3. The molecule has 1 saturated heterocycles. The van der Waals surface area contributed by atoms with Gasteiger partial charge in [-0.2, -0.15) is 0 Å². The van der Waals surface area contributed by atoms with E-state index in [1.807, 2.05) is 0 Å². The lowest BCUT2D eigenvalue weighted by atomic mass is 10.1. The summed E-state index contributed by atoms with van der Waals surface area (Å²) in [5, 5.41) is 13.4. The number of nitro groups is 1. The van der Waals surface area contributed by atoms with Gasteiger partial charge in [-0.15, -0.1) is 0 Å². The summed E-state index contributed by atoms with van der Waals surface area (Å²) in [6, 6.07) is 12.0. The second-order valence-corrected chi connectivity index (χ2v) is 7.35. The SMILES string of the molecule is O=C1NC(=S)N(c2cccc(F)c2)C(=O)C1=Cc1ccc(-c2cc([N+](=O)[O-])ccc2Cl)o1. The van der Waals surface area contributed by atoms with Gasteiger partial charge in [-0.05, 0) is 54.7 Å². The molecule has 1 N–H and O–H groups in total. The van der Waals surface area contributed by atoms with E-state index < -0.39 is 22.6 Å². The molecule has 2 amide bonds. The highest BCUT2D eigenvalue weighted by Crippen LogP contribution is 2.33. The van der Waals surface area contributed by atoms with Crippen LogP contribution in [0, 0.1) is 15.9 Å². The van der Waals surface area contributed by atoms with Crippen molar-refractivity contribution in [2.24, 2.45) is 0 Å². The first kappa shape index (κ1) is 21.3. The number of nitrogens with zero attached hydrogens (tertiary/aromatic N) is 2. The van der Waals surface area contributed by atoms with E-state index in [9.17, 15) is 24.1 Å². The summed E-state index contributed by atoms with van der Waals surface area (Å²) >= 11 is 11.2. The van der Waals surface area contributed by atoms with Crippen LogP contribution in [0.3, 0.4) is 0 Å². The number of halogens is 2. The molecule has 32 heavy (non-hydrogen) atoms. The molecular formula is C21H11ClFN3O5S. The van der Waals surface area contributed by atoms with Gasteiger partial charge in [0.15, 0.2) is 5.11 Å². The number of benzene rings is 2. The van der Waals surface area contributed by atoms with Crippen LogP contribution in [0.4, 0.5) is 15.8 Å². The van der Waals surface area contributed by atoms with Crippen LogP contribution in [-0.2, 0) is 9.59 Å². The first-order chi connectivity index (χ1) is 15.2. The van der Waals surface area contributed by atoms with E-state index in [0.29, 0.717) is 0 Å². The zero-order valence-electron chi connectivity index (χ0n) is 15.9. The highest BCUT2D eigenvalue weighted by atomic mass is 35.5. The molecule has 2 heterocycles. The molecule has 0 aliphatic carbocycles. The van der Waals surface area contributed by atoms with Crippen LogP contribution in [0.15, 0.2) is 64.6 Å². The number of nitro benzene ring substituents is 1. The van der Waals surface area contributed by atoms with Crippen molar-refractivity contribution in [3.05, 3.63) is 86.9 Å². The Balaban J connectivity index is 1.70. The highest BCUT2D eigenvalue weighted by molar-refractivity contribution is 7.80. The topological polar surface area (TPSA) is 106 Å². The number of hydrogen-bond acceptors (Lipinski definition) is 6. The number of hydrogen-bond donors (Lipinski definition) is 1. The van der Waals surface area contributed by atoms with E-state index in [0.717, 1.165) is 11.0 Å². The van der Waals surface area contributed by atoms with Crippen molar-refractivity contribution in [1.82, 2.24) is 5.32 Å². The van der Waals surface area contributed by atoms with Gasteiger partial charge in [0.25, 0.3) is 17.5 Å². The third kappa shape index (κ3) is 4.01. The van der Waals surface area contributed by atoms with Crippen molar-refractivity contribution in [2.75, 3.05) is 4.90 Å². The van der Waals surface area contributed by atoms with Crippen LogP contribution in [0.5, 0.6) is 0 Å². The molecule has 1 aliphatic heterocycles. The zero-order chi connectivity index (χ0) is 23.0. The average Bonchev–Trinajstić information content (AvgIpc) is 3.19. The Morgan fingerprint density at radius 3 is 2.66 bits per heavy atom. The molecule has 0 spiro atoms. The van der Waals surface area contributed by atoms with Gasteiger partial charge in [-0.3, -0.25) is 29.9 Å². The van der Waals surface area contributed by atoms with Gasteiger partial charge in [-0.25, -0.2) is 4.39 Å². The normalized spacial score (nSPS) is 15.2. The lowest BCUT2D eigenvalue weighted by Crippen LogP contribution is -2.54. The van der Waals surface area contributed by atoms with Crippen molar-refractivity contribution in [1.29, 1.82) is 0 Å². The summed E-state index contributed by atoms with van der Waals surface area (Å²) in [7, 11) is 0. The summed E-state index contributed by atoms with van der Waals surface area (Å²) in [6.07, 6.45) is 1.19. The number of carbonyl (C=O) groups excluding carboxylic acids is 2. The third-order valence-corrected chi connectivity index (χ3v) is 5.12. The molecule has 1 aromatic heterocycles. The van der Waals surface area contributed by atoms with Crippen molar-refractivity contribution >= 4 is 58.2 Å². The standard InChI is InChI=1S/C21H11ClFN3O5S/c22-17-6-4-13(26(29)30)9-15(17)18-7-5-14(31-18)10-16-19(27)24-21(32)25(20(16)28)12-3-1-2-11(23)8-12/h1-10H,(H,24,27,32). The number of rotatable bonds is 4. The van der Waals surface area contributed by atoms with Crippen LogP contribution < -0.4 is 10.2 Å². The first-order valence-electron chi connectivity index (χ1n) is 8.96. The minimum atomic E-state index is -0.768. The molecule has 1 fully saturated rings. The van der Waals surface area contributed by atoms with Crippen molar-refractivity contribution in [2.45, 2.75) is 0 Å². The van der Waals surface area contributed by atoms with Crippen LogP contribution >= 0.6 is 23.8 Å². The second-order valence-electron chi connectivity index (χ2n) is 6.56. The molecule has 0 unspecified atom stereocenters. The fraction of sp³-hybridized carbons (Fsp3) is 0. The van der Waals surface area contributed by atoms with E-state index in [1.54, 1.807) is 0 Å². The summed E-state index contributed by atoms with van der Waals surface area (Å²) in [4.78, 5) is 36.8. The van der Waals surface area contributed by atoms with E-state index in [4.69, 9.17) is 28.2 Å². The Morgan fingerprint density at radius 1 is 1.16 bits per heavy atom. The van der Waals surface area contributed by atoms with Crippen molar-refractivity contribution < 1.29 is 23.3 Å². The summed E-state index contributed by atoms with van der Waals surface area (Å²) in [5.41, 5.74) is -0.0578. The van der Waals surface area contributed by atoms with Gasteiger partial charge < -0.3 is 4.42 Å². The Bertz CT molecular complexity index is 1340. The summed E-state index contributed by atoms with van der Waals surface area (Å²) in [5.74, 6) is -1.78. The van der Waals surface area contributed by atoms with Crippen LogP contribution in [0.2, 0.25) is 5.02 Å². The second kappa shape index (κ2) is 8.33. The molecule has 4 rings (SSSR count). The molecule has 0 saturated carbocycles. The molecule has 2 aromatic carbocycles. The number of carbonyl (C=O) groups is 2. The fourth-order valence-electron chi connectivity index (χ4n) is 3.04. The van der Waals surface area contributed by atoms with Crippen LogP contribution in [0.25, 0.3) is 17.4 Å². The van der Waals surface area contributed by atoms with Gasteiger partial charge in [-0.1, -0.05) is 17.7 Å². The van der Waals surface area contributed by atoms with E-state index in [1.165, 1.54) is 54.6 Å². The number of furan rings is 1. The minimum absolute atomic E-state index is 0.119. The average molecular weight is 472 g/mol. The van der Waals surface area contributed by atoms with Gasteiger partial charge in [0, 0.05) is 17.7 Å². The number of anilines is 1. The Labute approximate surface area is 190 Å². The molecule has 0 atom stereocenters. The summed E-state index contributed by atoms with van der Waals surface area (Å²) in [6.45, 7) is 0. The third-order valence-electron chi connectivity index (χ3n) is 4.51. The van der Waals surface area contributed by atoms with E-state index in [2.05, 4.69) is 5.32 Å². The van der Waals surface area contributed by atoms with Crippen LogP contribution in [-0.4, -0.2) is 21.9 Å². The molecule has 0 radical (unpaired) electrons. The van der Waals surface area contributed by atoms with Gasteiger partial charge in [0.1, 0.15) is 22.9 Å². The fourth-order valence-corrected chi connectivity index (χ4v) is 3.53. The number of thiocarbonyl (C=S) groups is 1. The molecule has 11 heteroatoms. The number of non-ortho nitro benzene ring substituents is 1. The van der Waals surface area contributed by atoms with Gasteiger partial charge in [0.2, 0.25) is 0 Å². The minimum Gasteiger partial charge on any atom is -0.457 e. The Morgan fingerprint density at radius 2 is 1.94 bits per heavy atom. The maximum Gasteiger partial charge on any atom is 0.270 e. The van der Waals surface area contributed by atoms with Gasteiger partial charge >= 0.3 is 0 Å². The van der Waals surface area contributed by atoms with Gasteiger partial charge in [0.05, 0.1) is 15.6 Å². The monoisotopic (exact) mass is 471 g/mol. The molecule has 8 nitrogen and oxygen atoms in total. The molecular weight excluding hydrogens is 461 g/mol. The predicted molar refractivity (Wildman–Crippen MR) is 118 cm³/mol. The van der Waals surface area contributed by atoms with E-state index in [-0.39, 0.29) is 44.2 Å². The number of amides is 2. The largest absolute Gasteiger partial charge is 0.457 e. The molecule has 0 bridgehead atoms. The molecule has 160 valence electrons. The Kier molecular flexibility index (Phi) is 5.56. The lowest BCUT2D eigenvalue weighted by molar-refractivity contribution is -0.384. The smallest absolute Gasteiger partial charge is 0.270 e. The van der Waals surface area contributed by atoms with Crippen LogP contribution in [0.1, 0.15) is 5.76 Å². The molecule has 1 aliphatic rings. The quantitative estimate of drug-likeness (QED) is 0.198. The first-order valence-corrected chi connectivity index (χ1v) is 9.74. The lowest BCUT2D eigenvalue weighted by Gasteiger charge is -2.28. The van der Waals surface area contributed by atoms with Crippen molar-refractivity contribution in [3.8, 4) is 11.3 Å². The zero-order valence-corrected chi connectivity index (χ0v) is 17.4. The molecule has 3 aromatic rings.